The van der Waals surface area contributed by atoms with E-state index < -0.39 is 0 Å². The van der Waals surface area contributed by atoms with E-state index in [0.29, 0.717) is 6.61 Å². The van der Waals surface area contributed by atoms with Crippen LogP contribution < -0.4 is 5.32 Å². The van der Waals surface area contributed by atoms with Gasteiger partial charge in [-0.3, -0.25) is 4.79 Å². The van der Waals surface area contributed by atoms with Gasteiger partial charge in [-0.1, -0.05) is 26.2 Å². The molecule has 118 valence electrons. The van der Waals surface area contributed by atoms with E-state index in [0.717, 1.165) is 32.0 Å². The number of carbonyl (C=O) groups is 1. The Morgan fingerprint density at radius 2 is 2.00 bits per heavy atom. The van der Waals surface area contributed by atoms with E-state index in [1.807, 2.05) is 13.8 Å². The SMILES string of the molecule is CCOC(=O)C(CC)NCCCN(C)C1CCCCC1. The van der Waals surface area contributed by atoms with Gasteiger partial charge in [0.2, 0.25) is 0 Å². The standard InChI is InChI=1S/C16H32N2O2/c1-4-15(16(19)20-5-2)17-12-9-13-18(3)14-10-7-6-8-11-14/h14-15,17H,4-13H2,1-3H3. The number of rotatable bonds is 9. The van der Waals surface area contributed by atoms with Crippen molar-refractivity contribution in [1.29, 1.82) is 0 Å². The van der Waals surface area contributed by atoms with Crippen LogP contribution in [0.3, 0.4) is 0 Å². The number of esters is 1. The van der Waals surface area contributed by atoms with E-state index in [1.165, 1.54) is 32.1 Å². The maximum absolute atomic E-state index is 11.7. The molecule has 0 aromatic carbocycles. The van der Waals surface area contributed by atoms with Gasteiger partial charge in [-0.15, -0.1) is 0 Å². The van der Waals surface area contributed by atoms with Crippen LogP contribution in [0.2, 0.25) is 0 Å². The van der Waals surface area contributed by atoms with Gasteiger partial charge in [0, 0.05) is 6.04 Å². The molecular formula is C16H32N2O2. The predicted molar refractivity (Wildman–Crippen MR) is 82.8 cm³/mol. The highest BCUT2D eigenvalue weighted by Crippen LogP contribution is 2.21. The Bertz CT molecular complexity index is 265. The van der Waals surface area contributed by atoms with Crippen LogP contribution in [0.5, 0.6) is 0 Å². The lowest BCUT2D eigenvalue weighted by Crippen LogP contribution is -2.40. The van der Waals surface area contributed by atoms with Gasteiger partial charge in [-0.2, -0.15) is 0 Å². The summed E-state index contributed by atoms with van der Waals surface area (Å²) in [6, 6.07) is 0.630. The highest BCUT2D eigenvalue weighted by atomic mass is 16.5. The number of nitrogens with zero attached hydrogens (tertiary/aromatic N) is 1. The molecule has 0 aromatic heterocycles. The fourth-order valence-corrected chi connectivity index (χ4v) is 2.95. The topological polar surface area (TPSA) is 41.6 Å². The van der Waals surface area contributed by atoms with E-state index in [2.05, 4.69) is 17.3 Å². The molecule has 1 saturated carbocycles. The van der Waals surface area contributed by atoms with Crippen molar-refractivity contribution < 1.29 is 9.53 Å². The summed E-state index contributed by atoms with van der Waals surface area (Å²) in [6.07, 6.45) is 8.75. The Labute approximate surface area is 124 Å². The van der Waals surface area contributed by atoms with Crippen molar-refractivity contribution in [1.82, 2.24) is 10.2 Å². The van der Waals surface area contributed by atoms with E-state index in [4.69, 9.17) is 4.74 Å². The van der Waals surface area contributed by atoms with Crippen molar-refractivity contribution in [2.45, 2.75) is 70.9 Å². The molecule has 0 heterocycles. The number of ether oxygens (including phenoxy) is 1. The smallest absolute Gasteiger partial charge is 0.323 e. The molecule has 0 aliphatic heterocycles. The first-order valence-corrected chi connectivity index (χ1v) is 8.29. The Morgan fingerprint density at radius 1 is 1.30 bits per heavy atom. The van der Waals surface area contributed by atoms with Crippen LogP contribution in [0.25, 0.3) is 0 Å². The number of hydrogen-bond acceptors (Lipinski definition) is 4. The summed E-state index contributed by atoms with van der Waals surface area (Å²) in [5.41, 5.74) is 0. The Kier molecular flexibility index (Phi) is 8.86. The second-order valence-electron chi connectivity index (χ2n) is 5.79. The number of hydrogen-bond donors (Lipinski definition) is 1. The second kappa shape index (κ2) is 10.2. The van der Waals surface area contributed by atoms with Crippen molar-refractivity contribution in [3.05, 3.63) is 0 Å². The van der Waals surface area contributed by atoms with Crippen LogP contribution in [0.1, 0.15) is 58.8 Å². The summed E-state index contributed by atoms with van der Waals surface area (Å²) >= 11 is 0. The third kappa shape index (κ3) is 6.23. The van der Waals surface area contributed by atoms with Crippen molar-refractivity contribution in [3.63, 3.8) is 0 Å². The largest absolute Gasteiger partial charge is 0.465 e. The zero-order chi connectivity index (χ0) is 14.8. The summed E-state index contributed by atoms with van der Waals surface area (Å²) in [4.78, 5) is 14.1. The van der Waals surface area contributed by atoms with Crippen molar-refractivity contribution in [2.75, 3.05) is 26.7 Å². The fourth-order valence-electron chi connectivity index (χ4n) is 2.95. The fraction of sp³-hybridized carbons (Fsp3) is 0.938. The van der Waals surface area contributed by atoms with Gasteiger partial charge < -0.3 is 15.0 Å². The molecule has 0 saturated heterocycles. The van der Waals surface area contributed by atoms with E-state index in [1.54, 1.807) is 0 Å². The summed E-state index contributed by atoms with van der Waals surface area (Å²) < 4.78 is 5.06. The average Bonchev–Trinajstić information content (AvgIpc) is 2.48. The van der Waals surface area contributed by atoms with Gasteiger partial charge in [0.1, 0.15) is 6.04 Å². The van der Waals surface area contributed by atoms with E-state index >= 15 is 0 Å². The Balaban J connectivity index is 2.14. The van der Waals surface area contributed by atoms with Gasteiger partial charge >= 0.3 is 5.97 Å². The molecule has 0 amide bonds. The molecule has 0 spiro atoms. The molecule has 1 N–H and O–H groups in total. The monoisotopic (exact) mass is 284 g/mol. The molecule has 1 aliphatic carbocycles. The molecule has 1 atom stereocenters. The van der Waals surface area contributed by atoms with Gasteiger partial charge in [-0.25, -0.2) is 0 Å². The molecule has 0 radical (unpaired) electrons. The number of carbonyl (C=O) groups excluding carboxylic acids is 1. The molecule has 0 aromatic rings. The van der Waals surface area contributed by atoms with Crippen LogP contribution in [-0.4, -0.2) is 49.7 Å². The van der Waals surface area contributed by atoms with Gasteiger partial charge in [0.25, 0.3) is 0 Å². The van der Waals surface area contributed by atoms with Gasteiger partial charge in [-0.05, 0) is 52.7 Å². The first kappa shape index (κ1) is 17.4. The summed E-state index contributed by atoms with van der Waals surface area (Å²) in [6.45, 7) is 6.32. The number of nitrogens with one attached hydrogen (secondary N) is 1. The van der Waals surface area contributed by atoms with Gasteiger partial charge in [0.05, 0.1) is 6.61 Å². The minimum absolute atomic E-state index is 0.115. The second-order valence-corrected chi connectivity index (χ2v) is 5.79. The molecule has 0 bridgehead atoms. The lowest BCUT2D eigenvalue weighted by molar-refractivity contribution is -0.145. The lowest BCUT2D eigenvalue weighted by Gasteiger charge is -2.31. The molecule has 1 aliphatic rings. The molecular weight excluding hydrogens is 252 g/mol. The first-order valence-electron chi connectivity index (χ1n) is 8.29. The zero-order valence-electron chi connectivity index (χ0n) is 13.5. The minimum atomic E-state index is -0.144. The van der Waals surface area contributed by atoms with Crippen molar-refractivity contribution >= 4 is 5.97 Å². The van der Waals surface area contributed by atoms with Crippen LogP contribution in [0.4, 0.5) is 0 Å². The third-order valence-corrected chi connectivity index (χ3v) is 4.26. The van der Waals surface area contributed by atoms with Crippen LogP contribution in [-0.2, 0) is 9.53 Å². The minimum Gasteiger partial charge on any atom is -0.465 e. The van der Waals surface area contributed by atoms with Crippen molar-refractivity contribution in [2.24, 2.45) is 0 Å². The average molecular weight is 284 g/mol. The quantitative estimate of drug-likeness (QED) is 0.522. The molecule has 4 nitrogen and oxygen atoms in total. The predicted octanol–water partition coefficient (Wildman–Crippen LogP) is 2.57. The molecule has 1 fully saturated rings. The van der Waals surface area contributed by atoms with Crippen LogP contribution in [0.15, 0.2) is 0 Å². The van der Waals surface area contributed by atoms with Crippen molar-refractivity contribution in [3.8, 4) is 0 Å². The van der Waals surface area contributed by atoms with Crippen LogP contribution in [0, 0.1) is 0 Å². The summed E-state index contributed by atoms with van der Waals surface area (Å²) in [5, 5.41) is 3.31. The van der Waals surface area contributed by atoms with Gasteiger partial charge in [0.15, 0.2) is 0 Å². The maximum atomic E-state index is 11.7. The highest BCUT2D eigenvalue weighted by Gasteiger charge is 2.18. The summed E-state index contributed by atoms with van der Waals surface area (Å²) in [7, 11) is 2.23. The molecule has 1 rings (SSSR count). The van der Waals surface area contributed by atoms with E-state index in [-0.39, 0.29) is 12.0 Å². The molecule has 1 unspecified atom stereocenters. The third-order valence-electron chi connectivity index (χ3n) is 4.26. The Morgan fingerprint density at radius 3 is 2.60 bits per heavy atom. The molecule has 4 heteroatoms. The lowest BCUT2D eigenvalue weighted by atomic mass is 9.94. The summed E-state index contributed by atoms with van der Waals surface area (Å²) in [5.74, 6) is -0.115. The van der Waals surface area contributed by atoms with Crippen LogP contribution >= 0.6 is 0 Å². The molecule has 20 heavy (non-hydrogen) atoms. The normalized spacial score (nSPS) is 18.2. The Hall–Kier alpha value is -0.610. The zero-order valence-corrected chi connectivity index (χ0v) is 13.5. The first-order chi connectivity index (χ1) is 9.69. The highest BCUT2D eigenvalue weighted by molar-refractivity contribution is 5.75. The van der Waals surface area contributed by atoms with E-state index in [9.17, 15) is 4.79 Å². The maximum Gasteiger partial charge on any atom is 0.323 e.